The largest absolute Gasteiger partial charge is 0.357 e. The summed E-state index contributed by atoms with van der Waals surface area (Å²) in [5.74, 6) is 0.706. The molecule has 0 radical (unpaired) electrons. The molecule has 0 bridgehead atoms. The summed E-state index contributed by atoms with van der Waals surface area (Å²) in [5, 5.41) is 3.95. The Morgan fingerprint density at radius 3 is 2.75 bits per heavy atom. The molecule has 0 aliphatic heterocycles. The maximum absolute atomic E-state index is 11.2. The zero-order valence-corrected chi connectivity index (χ0v) is 13.3. The first-order chi connectivity index (χ1) is 9.35. The second-order valence-electron chi connectivity index (χ2n) is 5.36. The molecule has 2 rings (SSSR count). The van der Waals surface area contributed by atoms with Crippen molar-refractivity contribution >= 4 is 27.3 Å². The summed E-state index contributed by atoms with van der Waals surface area (Å²) in [6.07, 6.45) is 5.50. The maximum atomic E-state index is 11.2. The molecule has 7 heteroatoms. The first-order valence-corrected chi connectivity index (χ1v) is 9.05. The molecule has 1 heterocycles. The fourth-order valence-corrected chi connectivity index (χ4v) is 2.74. The molecule has 112 valence electrons. The van der Waals surface area contributed by atoms with E-state index < -0.39 is 9.84 Å². The van der Waals surface area contributed by atoms with Crippen LogP contribution in [0.25, 0.3) is 0 Å². The van der Waals surface area contributed by atoms with Crippen molar-refractivity contribution in [3.63, 3.8) is 0 Å². The highest BCUT2D eigenvalue weighted by Gasteiger charge is 2.20. The summed E-state index contributed by atoms with van der Waals surface area (Å²) in [6, 6.07) is 2.53. The van der Waals surface area contributed by atoms with Crippen LogP contribution in [0.1, 0.15) is 18.4 Å². The van der Waals surface area contributed by atoms with E-state index in [0.29, 0.717) is 23.4 Å². The number of hydrogen-bond donors (Lipinski definition) is 1. The Balaban J connectivity index is 1.96. The molecular formula is C13H20ClN3O2S. The Kier molecular flexibility index (Phi) is 4.88. The summed E-state index contributed by atoms with van der Waals surface area (Å²) in [4.78, 5) is 6.10. The van der Waals surface area contributed by atoms with E-state index in [0.717, 1.165) is 12.1 Å². The third-order valence-electron chi connectivity index (χ3n) is 3.21. The van der Waals surface area contributed by atoms with Gasteiger partial charge in [-0.25, -0.2) is 13.4 Å². The second kappa shape index (κ2) is 6.28. The molecule has 0 saturated heterocycles. The molecule has 1 aromatic heterocycles. The van der Waals surface area contributed by atoms with Crippen molar-refractivity contribution in [3.8, 4) is 0 Å². The minimum atomic E-state index is -2.98. The van der Waals surface area contributed by atoms with Gasteiger partial charge >= 0.3 is 0 Å². The van der Waals surface area contributed by atoms with E-state index in [4.69, 9.17) is 11.6 Å². The highest BCUT2D eigenvalue weighted by molar-refractivity contribution is 7.90. The standard InChI is InChI=1S/C13H20ClN3O2S/c1-17(5-6-20(2,18)19)13-12(14)7-10(9-16-13)8-15-11-3-4-11/h7,9,11,15H,3-6,8H2,1-2H3. The molecule has 1 aromatic rings. The summed E-state index contributed by atoms with van der Waals surface area (Å²) in [5.41, 5.74) is 1.04. The van der Waals surface area contributed by atoms with Gasteiger partial charge in [0.15, 0.2) is 0 Å². The van der Waals surface area contributed by atoms with Crippen LogP contribution in [-0.2, 0) is 16.4 Å². The van der Waals surface area contributed by atoms with Gasteiger partial charge in [0, 0.05) is 38.6 Å². The molecule has 0 aromatic carbocycles. The van der Waals surface area contributed by atoms with E-state index in [2.05, 4.69) is 10.3 Å². The van der Waals surface area contributed by atoms with Crippen LogP contribution in [0.4, 0.5) is 5.82 Å². The number of hydrogen-bond acceptors (Lipinski definition) is 5. The highest BCUT2D eigenvalue weighted by atomic mass is 35.5. The van der Waals surface area contributed by atoms with Gasteiger partial charge in [0.05, 0.1) is 10.8 Å². The average molecular weight is 318 g/mol. The van der Waals surface area contributed by atoms with E-state index in [1.165, 1.54) is 19.1 Å². The summed E-state index contributed by atoms with van der Waals surface area (Å²) < 4.78 is 22.3. The van der Waals surface area contributed by atoms with Crippen LogP contribution in [0.15, 0.2) is 12.3 Å². The fourth-order valence-electron chi connectivity index (χ4n) is 1.81. The Morgan fingerprint density at radius 2 is 2.20 bits per heavy atom. The van der Waals surface area contributed by atoms with Crippen LogP contribution in [0.5, 0.6) is 0 Å². The van der Waals surface area contributed by atoms with Gasteiger partial charge in [-0.1, -0.05) is 11.6 Å². The van der Waals surface area contributed by atoms with E-state index in [-0.39, 0.29) is 5.75 Å². The zero-order valence-electron chi connectivity index (χ0n) is 11.8. The van der Waals surface area contributed by atoms with E-state index >= 15 is 0 Å². The monoisotopic (exact) mass is 317 g/mol. The molecule has 1 aliphatic rings. The van der Waals surface area contributed by atoms with Gasteiger partial charge in [-0.2, -0.15) is 0 Å². The number of nitrogens with zero attached hydrogens (tertiary/aromatic N) is 2. The van der Waals surface area contributed by atoms with Gasteiger partial charge < -0.3 is 10.2 Å². The van der Waals surface area contributed by atoms with Gasteiger partial charge in [0.1, 0.15) is 15.7 Å². The number of sulfone groups is 1. The minimum Gasteiger partial charge on any atom is -0.357 e. The number of aromatic nitrogens is 1. The predicted molar refractivity (Wildman–Crippen MR) is 82.1 cm³/mol. The first kappa shape index (κ1) is 15.5. The number of nitrogens with one attached hydrogen (secondary N) is 1. The Bertz CT molecular complexity index is 573. The Morgan fingerprint density at radius 1 is 1.50 bits per heavy atom. The van der Waals surface area contributed by atoms with Gasteiger partial charge in [-0.15, -0.1) is 0 Å². The predicted octanol–water partition coefficient (Wildman–Crippen LogP) is 1.47. The van der Waals surface area contributed by atoms with Crippen LogP contribution in [-0.4, -0.2) is 45.0 Å². The van der Waals surface area contributed by atoms with Crippen LogP contribution in [0, 0.1) is 0 Å². The highest BCUT2D eigenvalue weighted by Crippen LogP contribution is 2.24. The molecular weight excluding hydrogens is 298 g/mol. The Hall–Kier alpha value is -0.850. The third-order valence-corrected chi connectivity index (χ3v) is 4.41. The minimum absolute atomic E-state index is 0.0898. The Labute approximate surface area is 125 Å². The van der Waals surface area contributed by atoms with Gasteiger partial charge in [0.2, 0.25) is 0 Å². The third kappa shape index (κ3) is 4.92. The average Bonchev–Trinajstić information content (AvgIpc) is 3.17. The maximum Gasteiger partial charge on any atom is 0.149 e. The van der Waals surface area contributed by atoms with Crippen LogP contribution >= 0.6 is 11.6 Å². The normalized spacial score (nSPS) is 15.3. The zero-order chi connectivity index (χ0) is 14.8. The number of pyridine rings is 1. The van der Waals surface area contributed by atoms with Gasteiger partial charge in [0.25, 0.3) is 0 Å². The number of halogens is 1. The van der Waals surface area contributed by atoms with Crippen LogP contribution < -0.4 is 10.2 Å². The van der Waals surface area contributed by atoms with Crippen LogP contribution in [0.3, 0.4) is 0 Å². The fraction of sp³-hybridized carbons (Fsp3) is 0.615. The molecule has 20 heavy (non-hydrogen) atoms. The van der Waals surface area contributed by atoms with Crippen molar-refractivity contribution in [1.82, 2.24) is 10.3 Å². The molecule has 1 fully saturated rings. The van der Waals surface area contributed by atoms with Crippen molar-refractivity contribution < 1.29 is 8.42 Å². The second-order valence-corrected chi connectivity index (χ2v) is 8.02. The van der Waals surface area contributed by atoms with Crippen molar-refractivity contribution in [2.24, 2.45) is 0 Å². The van der Waals surface area contributed by atoms with Crippen LogP contribution in [0.2, 0.25) is 5.02 Å². The molecule has 0 unspecified atom stereocenters. The summed E-state index contributed by atoms with van der Waals surface area (Å²) in [6.45, 7) is 1.15. The quantitative estimate of drug-likeness (QED) is 0.825. The first-order valence-electron chi connectivity index (χ1n) is 6.62. The SMILES string of the molecule is CN(CCS(C)(=O)=O)c1ncc(CNC2CC2)cc1Cl. The number of rotatable bonds is 7. The van der Waals surface area contributed by atoms with E-state index in [9.17, 15) is 8.42 Å². The lowest BCUT2D eigenvalue weighted by Gasteiger charge is -2.19. The lowest BCUT2D eigenvalue weighted by atomic mass is 10.2. The molecule has 1 saturated carbocycles. The molecule has 1 aliphatic carbocycles. The van der Waals surface area contributed by atoms with Crippen molar-refractivity contribution in [2.45, 2.75) is 25.4 Å². The molecule has 1 N–H and O–H groups in total. The van der Waals surface area contributed by atoms with Gasteiger partial charge in [-0.05, 0) is 24.5 Å². The molecule has 0 amide bonds. The summed E-state index contributed by atoms with van der Waals surface area (Å²) >= 11 is 6.22. The van der Waals surface area contributed by atoms with E-state index in [1.807, 2.05) is 6.07 Å². The van der Waals surface area contributed by atoms with Crippen molar-refractivity contribution in [3.05, 3.63) is 22.8 Å². The summed E-state index contributed by atoms with van der Waals surface area (Å²) in [7, 11) is -1.19. The van der Waals surface area contributed by atoms with Crippen molar-refractivity contribution in [1.29, 1.82) is 0 Å². The van der Waals surface area contributed by atoms with E-state index in [1.54, 1.807) is 18.1 Å². The lowest BCUT2D eigenvalue weighted by molar-refractivity contribution is 0.601. The molecule has 0 atom stereocenters. The van der Waals surface area contributed by atoms with Gasteiger partial charge in [-0.3, -0.25) is 0 Å². The molecule has 5 nitrogen and oxygen atoms in total. The smallest absolute Gasteiger partial charge is 0.149 e. The number of anilines is 1. The molecule has 0 spiro atoms. The van der Waals surface area contributed by atoms with Crippen molar-refractivity contribution in [2.75, 3.05) is 30.5 Å². The lowest BCUT2D eigenvalue weighted by Crippen LogP contribution is -2.26. The topological polar surface area (TPSA) is 62.3 Å².